The molecule has 1 fully saturated rings. The number of carbonyl (C=O) groups excluding carboxylic acids is 3. The maximum Gasteiger partial charge on any atom is 0.292 e. The van der Waals surface area contributed by atoms with Crippen molar-refractivity contribution in [3.05, 3.63) is 29.8 Å². The van der Waals surface area contributed by atoms with Gasteiger partial charge in [-0.15, -0.1) is 0 Å². The van der Waals surface area contributed by atoms with Crippen LogP contribution in [0.2, 0.25) is 0 Å². The second kappa shape index (κ2) is 10.4. The van der Waals surface area contributed by atoms with Crippen LogP contribution in [0, 0.1) is 5.41 Å². The Morgan fingerprint density at radius 3 is 2.52 bits per heavy atom. The van der Waals surface area contributed by atoms with Crippen LogP contribution >= 0.6 is 0 Å². The largest absolute Gasteiger partial charge is 0.508 e. The second-order valence-electron chi connectivity index (χ2n) is 8.51. The van der Waals surface area contributed by atoms with Gasteiger partial charge in [0.25, 0.3) is 5.91 Å². The first-order valence-electron chi connectivity index (χ1n) is 10.6. The van der Waals surface area contributed by atoms with E-state index in [4.69, 9.17) is 0 Å². The number of amides is 2. The Balaban J connectivity index is 1.95. The van der Waals surface area contributed by atoms with E-state index in [1.165, 1.54) is 0 Å². The SMILES string of the molecule is CCC(C)(C)C(=O)C(=O)N1CCCC[C@H]1N(C=O)CCCCc1ccc(O)cc1. The summed E-state index contributed by atoms with van der Waals surface area (Å²) in [5.74, 6) is -0.577. The summed E-state index contributed by atoms with van der Waals surface area (Å²) < 4.78 is 0. The number of phenolic OH excluding ortho intramolecular Hbond substituents is 1. The highest BCUT2D eigenvalue weighted by molar-refractivity contribution is 6.38. The number of ketones is 1. The van der Waals surface area contributed by atoms with E-state index in [0.717, 1.165) is 44.1 Å². The summed E-state index contributed by atoms with van der Waals surface area (Å²) in [6, 6.07) is 7.14. The molecule has 0 saturated carbocycles. The summed E-state index contributed by atoms with van der Waals surface area (Å²) >= 11 is 0. The Labute approximate surface area is 173 Å². The summed E-state index contributed by atoms with van der Waals surface area (Å²) in [6.07, 6.45) is 6.17. The van der Waals surface area contributed by atoms with Gasteiger partial charge in [0.1, 0.15) is 11.9 Å². The number of benzene rings is 1. The number of aromatic hydroxyl groups is 1. The predicted octanol–water partition coefficient (Wildman–Crippen LogP) is 3.52. The number of phenols is 1. The van der Waals surface area contributed by atoms with Crippen molar-refractivity contribution in [3.8, 4) is 5.75 Å². The van der Waals surface area contributed by atoms with Crippen molar-refractivity contribution >= 4 is 18.1 Å². The van der Waals surface area contributed by atoms with E-state index >= 15 is 0 Å². The van der Waals surface area contributed by atoms with Crippen LogP contribution in [0.1, 0.15) is 64.9 Å². The average Bonchev–Trinajstić information content (AvgIpc) is 2.74. The molecule has 0 spiro atoms. The van der Waals surface area contributed by atoms with Gasteiger partial charge in [-0.05, 0) is 62.6 Å². The van der Waals surface area contributed by atoms with Gasteiger partial charge >= 0.3 is 0 Å². The molecule has 2 amide bonds. The lowest BCUT2D eigenvalue weighted by molar-refractivity contribution is -0.156. The van der Waals surface area contributed by atoms with E-state index in [1.807, 2.05) is 19.1 Å². The highest BCUT2D eigenvalue weighted by atomic mass is 16.3. The van der Waals surface area contributed by atoms with E-state index in [2.05, 4.69) is 0 Å². The monoisotopic (exact) mass is 402 g/mol. The quantitative estimate of drug-likeness (QED) is 0.369. The van der Waals surface area contributed by atoms with Crippen molar-refractivity contribution in [2.24, 2.45) is 5.41 Å². The lowest BCUT2D eigenvalue weighted by atomic mass is 9.84. The first kappa shape index (κ1) is 22.9. The molecular weight excluding hydrogens is 368 g/mol. The van der Waals surface area contributed by atoms with Gasteiger partial charge in [-0.2, -0.15) is 0 Å². The van der Waals surface area contributed by atoms with Gasteiger partial charge in [-0.1, -0.05) is 32.9 Å². The third-order valence-electron chi connectivity index (χ3n) is 6.01. The van der Waals surface area contributed by atoms with E-state index in [9.17, 15) is 19.5 Å². The zero-order chi connectivity index (χ0) is 21.4. The molecule has 1 heterocycles. The van der Waals surface area contributed by atoms with Crippen molar-refractivity contribution in [2.45, 2.75) is 71.9 Å². The molecule has 0 bridgehead atoms. The fraction of sp³-hybridized carbons (Fsp3) is 0.609. The predicted molar refractivity (Wildman–Crippen MR) is 112 cm³/mol. The van der Waals surface area contributed by atoms with Crippen LogP contribution in [-0.2, 0) is 20.8 Å². The van der Waals surface area contributed by atoms with Gasteiger partial charge in [-0.25, -0.2) is 0 Å². The Hall–Kier alpha value is -2.37. The molecule has 160 valence electrons. The number of nitrogens with zero attached hydrogens (tertiary/aromatic N) is 2. The van der Waals surface area contributed by atoms with Crippen molar-refractivity contribution in [2.75, 3.05) is 13.1 Å². The first-order chi connectivity index (χ1) is 13.8. The molecule has 1 atom stereocenters. The smallest absolute Gasteiger partial charge is 0.292 e. The van der Waals surface area contributed by atoms with Crippen molar-refractivity contribution < 1.29 is 19.5 Å². The summed E-state index contributed by atoms with van der Waals surface area (Å²) in [6.45, 7) is 6.58. The number of carbonyl (C=O) groups is 3. The van der Waals surface area contributed by atoms with Gasteiger partial charge in [0.05, 0.1) is 0 Å². The van der Waals surface area contributed by atoms with Crippen LogP contribution in [-0.4, -0.2) is 52.3 Å². The molecule has 1 aromatic rings. The molecule has 0 aliphatic carbocycles. The second-order valence-corrected chi connectivity index (χ2v) is 8.51. The average molecular weight is 403 g/mol. The summed E-state index contributed by atoms with van der Waals surface area (Å²) in [7, 11) is 0. The lowest BCUT2D eigenvalue weighted by Crippen LogP contribution is -2.56. The summed E-state index contributed by atoms with van der Waals surface area (Å²) in [4.78, 5) is 40.6. The number of rotatable bonds is 10. The summed E-state index contributed by atoms with van der Waals surface area (Å²) in [5, 5.41) is 9.35. The van der Waals surface area contributed by atoms with E-state index in [1.54, 1.807) is 35.8 Å². The zero-order valence-corrected chi connectivity index (χ0v) is 17.9. The van der Waals surface area contributed by atoms with Crippen LogP contribution in [0.15, 0.2) is 24.3 Å². The number of piperidine rings is 1. The molecule has 0 aromatic heterocycles. The fourth-order valence-corrected chi connectivity index (χ4v) is 3.63. The van der Waals surface area contributed by atoms with Crippen LogP contribution < -0.4 is 0 Å². The van der Waals surface area contributed by atoms with E-state index < -0.39 is 11.3 Å². The maximum atomic E-state index is 12.9. The molecule has 1 saturated heterocycles. The Morgan fingerprint density at radius 2 is 1.90 bits per heavy atom. The first-order valence-corrected chi connectivity index (χ1v) is 10.6. The van der Waals surface area contributed by atoms with Gasteiger partial charge in [0, 0.05) is 18.5 Å². The molecule has 1 aliphatic heterocycles. The molecule has 6 nitrogen and oxygen atoms in total. The highest BCUT2D eigenvalue weighted by Crippen LogP contribution is 2.26. The highest BCUT2D eigenvalue weighted by Gasteiger charge is 2.39. The molecule has 0 unspecified atom stereocenters. The Morgan fingerprint density at radius 1 is 1.21 bits per heavy atom. The number of unbranched alkanes of at least 4 members (excludes halogenated alkanes) is 1. The minimum absolute atomic E-state index is 0.253. The van der Waals surface area contributed by atoms with Crippen LogP contribution in [0.25, 0.3) is 0 Å². The molecular formula is C23H34N2O4. The third kappa shape index (κ3) is 6.05. The number of hydrogen-bond donors (Lipinski definition) is 1. The number of aryl methyl sites for hydroxylation is 1. The van der Waals surface area contributed by atoms with Crippen LogP contribution in [0.5, 0.6) is 5.75 Å². The standard InChI is InChI=1S/C23H34N2O4/c1-4-23(2,3)21(28)22(29)25-16-8-6-10-20(25)24(17-26)15-7-5-9-18-11-13-19(27)14-12-18/h11-14,17,20,27H,4-10,15-16H2,1-3H3/t20-/m0/s1. The molecule has 6 heteroatoms. The van der Waals surface area contributed by atoms with Crippen molar-refractivity contribution in [1.29, 1.82) is 0 Å². The molecule has 1 aromatic carbocycles. The van der Waals surface area contributed by atoms with E-state index in [0.29, 0.717) is 25.9 Å². The molecule has 0 radical (unpaired) electrons. The van der Waals surface area contributed by atoms with Gasteiger partial charge in [-0.3, -0.25) is 14.4 Å². The van der Waals surface area contributed by atoms with Gasteiger partial charge < -0.3 is 14.9 Å². The van der Waals surface area contributed by atoms with Crippen LogP contribution in [0.4, 0.5) is 0 Å². The van der Waals surface area contributed by atoms with Crippen molar-refractivity contribution in [3.63, 3.8) is 0 Å². The molecule has 29 heavy (non-hydrogen) atoms. The summed E-state index contributed by atoms with van der Waals surface area (Å²) in [5.41, 5.74) is 0.456. The molecule has 1 N–H and O–H groups in total. The third-order valence-corrected chi connectivity index (χ3v) is 6.01. The normalized spacial score (nSPS) is 17.1. The number of Topliss-reactive ketones (excluding diaryl/α,β-unsaturated/α-hetero) is 1. The lowest BCUT2D eigenvalue weighted by Gasteiger charge is -2.41. The van der Waals surface area contributed by atoms with E-state index in [-0.39, 0.29) is 17.7 Å². The number of likely N-dealkylation sites (tertiary alicyclic amines) is 1. The van der Waals surface area contributed by atoms with Gasteiger partial charge in [0.15, 0.2) is 0 Å². The molecule has 2 rings (SSSR count). The maximum absolute atomic E-state index is 12.9. The zero-order valence-electron chi connectivity index (χ0n) is 17.9. The Bertz CT molecular complexity index is 699. The van der Waals surface area contributed by atoms with Crippen LogP contribution in [0.3, 0.4) is 0 Å². The van der Waals surface area contributed by atoms with Crippen molar-refractivity contribution in [1.82, 2.24) is 9.80 Å². The minimum Gasteiger partial charge on any atom is -0.508 e. The topological polar surface area (TPSA) is 77.9 Å². The Kier molecular flexibility index (Phi) is 8.23. The number of hydrogen-bond acceptors (Lipinski definition) is 4. The minimum atomic E-state index is -0.685. The molecule has 1 aliphatic rings. The fourth-order valence-electron chi connectivity index (χ4n) is 3.63. The van der Waals surface area contributed by atoms with Gasteiger partial charge in [0.2, 0.25) is 12.2 Å².